The third kappa shape index (κ3) is 6.00. The molecule has 4 rings (SSSR count). The number of ether oxygens (including phenoxy) is 1. The van der Waals surface area contributed by atoms with Crippen molar-refractivity contribution in [2.45, 2.75) is 25.4 Å². The molecule has 0 atom stereocenters. The molecule has 0 fully saturated rings. The summed E-state index contributed by atoms with van der Waals surface area (Å²) in [5, 5.41) is 3.56. The Bertz CT molecular complexity index is 1270. The second-order valence-electron chi connectivity index (χ2n) is 8.18. The second kappa shape index (κ2) is 11.1. The quantitative estimate of drug-likeness (QED) is 0.227. The van der Waals surface area contributed by atoms with E-state index in [-0.39, 0.29) is 12.3 Å². The lowest BCUT2D eigenvalue weighted by molar-refractivity contribution is -0.115. The second-order valence-corrected chi connectivity index (χ2v) is 9.27. The van der Waals surface area contributed by atoms with Crippen molar-refractivity contribution in [1.82, 2.24) is 9.97 Å². The van der Waals surface area contributed by atoms with Crippen LogP contribution in [-0.2, 0) is 9.53 Å². The number of aromatic amines is 1. The van der Waals surface area contributed by atoms with Gasteiger partial charge >= 0.3 is 5.97 Å². The lowest BCUT2D eigenvalue weighted by Crippen LogP contribution is -2.15. The minimum absolute atomic E-state index is 0.182. The summed E-state index contributed by atoms with van der Waals surface area (Å²) in [4.78, 5) is 32.8. The van der Waals surface area contributed by atoms with Crippen LogP contribution in [0.5, 0.6) is 0 Å². The molecule has 178 valence electrons. The number of carbonyl (C=O) groups excluding carboxylic acids is 2. The highest BCUT2D eigenvalue weighted by Gasteiger charge is 2.16. The number of aryl methyl sites for hydroxylation is 2. The molecule has 1 amide bonds. The summed E-state index contributed by atoms with van der Waals surface area (Å²) in [5.74, 6) is -0.142. The number of nitrogens with zero attached hydrogens (tertiary/aromatic N) is 1. The van der Waals surface area contributed by atoms with Crippen LogP contribution in [0.1, 0.15) is 27.9 Å². The van der Waals surface area contributed by atoms with Gasteiger partial charge in [-0.15, -0.1) is 0 Å². The van der Waals surface area contributed by atoms with Crippen LogP contribution in [0, 0.1) is 13.8 Å². The molecule has 0 aliphatic rings. The monoisotopic (exact) mass is 485 g/mol. The Labute approximate surface area is 209 Å². The highest BCUT2D eigenvalue weighted by Crippen LogP contribution is 2.33. The van der Waals surface area contributed by atoms with Gasteiger partial charge in [0.1, 0.15) is 0 Å². The normalized spacial score (nSPS) is 10.7. The van der Waals surface area contributed by atoms with Gasteiger partial charge in [0.15, 0.2) is 5.16 Å². The minimum atomic E-state index is -0.488. The molecule has 0 radical (unpaired) electrons. The zero-order chi connectivity index (χ0) is 24.8. The molecule has 0 bridgehead atoms. The van der Waals surface area contributed by atoms with Crippen molar-refractivity contribution in [1.29, 1.82) is 0 Å². The first-order valence-electron chi connectivity index (χ1n) is 11.3. The molecular weight excluding hydrogens is 458 g/mol. The third-order valence-electron chi connectivity index (χ3n) is 5.52. The predicted molar refractivity (Wildman–Crippen MR) is 141 cm³/mol. The van der Waals surface area contributed by atoms with E-state index in [2.05, 4.69) is 72.7 Å². The number of carbonyl (C=O) groups is 2. The molecule has 0 unspecified atom stereocenters. The van der Waals surface area contributed by atoms with Gasteiger partial charge in [-0.1, -0.05) is 83.6 Å². The van der Waals surface area contributed by atoms with Crippen molar-refractivity contribution in [2.24, 2.45) is 0 Å². The van der Waals surface area contributed by atoms with E-state index in [0.29, 0.717) is 17.0 Å². The summed E-state index contributed by atoms with van der Waals surface area (Å²) < 4.78 is 4.79. The van der Waals surface area contributed by atoms with Crippen LogP contribution in [0.25, 0.3) is 22.5 Å². The zero-order valence-corrected chi connectivity index (χ0v) is 20.7. The average molecular weight is 486 g/mol. The molecule has 0 saturated carbocycles. The number of amides is 1. The van der Waals surface area contributed by atoms with Gasteiger partial charge in [-0.05, 0) is 26.0 Å². The molecule has 1 heterocycles. The molecule has 0 aliphatic carbocycles. The smallest absolute Gasteiger partial charge is 0.339 e. The molecular formula is C28H27N3O3S. The first-order valence-corrected chi connectivity index (χ1v) is 12.3. The van der Waals surface area contributed by atoms with Gasteiger partial charge in [0.25, 0.3) is 0 Å². The SMILES string of the molecule is COC(=O)c1ccccc1NC(=O)CCSc1nc(-c2ccc(C)cc2)c(-c2ccc(C)cc2)[nH]1. The summed E-state index contributed by atoms with van der Waals surface area (Å²) in [6.45, 7) is 4.12. The summed E-state index contributed by atoms with van der Waals surface area (Å²) in [6, 6.07) is 23.4. The van der Waals surface area contributed by atoms with E-state index in [1.807, 2.05) is 0 Å². The number of anilines is 1. The number of imidazole rings is 1. The van der Waals surface area contributed by atoms with E-state index in [1.54, 1.807) is 24.3 Å². The lowest BCUT2D eigenvalue weighted by Gasteiger charge is -2.09. The van der Waals surface area contributed by atoms with Gasteiger partial charge in [0, 0.05) is 23.3 Å². The molecule has 0 aliphatic heterocycles. The van der Waals surface area contributed by atoms with Crippen LogP contribution in [0.2, 0.25) is 0 Å². The number of nitrogens with one attached hydrogen (secondary N) is 2. The number of rotatable bonds is 8. The Morgan fingerprint density at radius 2 is 1.54 bits per heavy atom. The van der Waals surface area contributed by atoms with Gasteiger partial charge < -0.3 is 15.0 Å². The molecule has 0 saturated heterocycles. The van der Waals surface area contributed by atoms with E-state index in [1.165, 1.54) is 30.0 Å². The van der Waals surface area contributed by atoms with Gasteiger partial charge in [0.05, 0.1) is 29.7 Å². The highest BCUT2D eigenvalue weighted by molar-refractivity contribution is 7.99. The maximum absolute atomic E-state index is 12.5. The first kappa shape index (κ1) is 24.3. The van der Waals surface area contributed by atoms with Crippen molar-refractivity contribution >= 4 is 29.3 Å². The fraction of sp³-hybridized carbons (Fsp3) is 0.179. The Morgan fingerprint density at radius 3 is 2.20 bits per heavy atom. The maximum Gasteiger partial charge on any atom is 0.339 e. The van der Waals surface area contributed by atoms with Gasteiger partial charge in [-0.25, -0.2) is 9.78 Å². The van der Waals surface area contributed by atoms with E-state index in [4.69, 9.17) is 9.72 Å². The Morgan fingerprint density at radius 1 is 0.914 bits per heavy atom. The van der Waals surface area contributed by atoms with E-state index in [9.17, 15) is 9.59 Å². The summed E-state index contributed by atoms with van der Waals surface area (Å²) >= 11 is 1.49. The van der Waals surface area contributed by atoms with Crippen LogP contribution >= 0.6 is 11.8 Å². The maximum atomic E-state index is 12.5. The highest BCUT2D eigenvalue weighted by atomic mass is 32.2. The Kier molecular flexibility index (Phi) is 7.67. The average Bonchev–Trinajstić information content (AvgIpc) is 3.29. The standard InChI is InChI=1S/C28H27N3O3S/c1-18-8-12-20(13-9-18)25-26(21-14-10-19(2)11-15-21)31-28(30-25)35-17-16-24(32)29-23-7-5-4-6-22(23)27(33)34-3/h4-15H,16-17H2,1-3H3,(H,29,32)(H,30,31). The van der Waals surface area contributed by atoms with Crippen molar-refractivity contribution in [3.63, 3.8) is 0 Å². The number of methoxy groups -OCH3 is 1. The molecule has 35 heavy (non-hydrogen) atoms. The number of thioether (sulfide) groups is 1. The van der Waals surface area contributed by atoms with E-state index >= 15 is 0 Å². The fourth-order valence-electron chi connectivity index (χ4n) is 3.60. The molecule has 4 aromatic rings. The third-order valence-corrected chi connectivity index (χ3v) is 6.40. The molecule has 2 N–H and O–H groups in total. The Balaban J connectivity index is 1.47. The summed E-state index contributed by atoms with van der Waals surface area (Å²) in [7, 11) is 1.32. The number of H-pyrrole nitrogens is 1. The number of hydrogen-bond acceptors (Lipinski definition) is 5. The van der Waals surface area contributed by atoms with Crippen LogP contribution in [-0.4, -0.2) is 34.7 Å². The summed E-state index contributed by atoms with van der Waals surface area (Å²) in [5.41, 5.74) is 7.08. The van der Waals surface area contributed by atoms with Crippen LogP contribution in [0.4, 0.5) is 5.69 Å². The van der Waals surface area contributed by atoms with Crippen molar-refractivity contribution in [3.8, 4) is 22.5 Å². The largest absolute Gasteiger partial charge is 0.465 e. The van der Waals surface area contributed by atoms with Gasteiger partial charge in [0.2, 0.25) is 5.91 Å². The number of para-hydroxylation sites is 1. The van der Waals surface area contributed by atoms with Gasteiger partial charge in [-0.3, -0.25) is 4.79 Å². The topological polar surface area (TPSA) is 84.1 Å². The first-order chi connectivity index (χ1) is 16.9. The van der Waals surface area contributed by atoms with Crippen LogP contribution in [0.3, 0.4) is 0 Å². The minimum Gasteiger partial charge on any atom is -0.465 e. The number of hydrogen-bond donors (Lipinski definition) is 2. The van der Waals surface area contributed by atoms with Crippen molar-refractivity contribution < 1.29 is 14.3 Å². The molecule has 7 heteroatoms. The van der Waals surface area contributed by atoms with Gasteiger partial charge in [-0.2, -0.15) is 0 Å². The molecule has 0 spiro atoms. The number of esters is 1. The van der Waals surface area contributed by atoms with E-state index in [0.717, 1.165) is 27.7 Å². The zero-order valence-electron chi connectivity index (χ0n) is 19.9. The number of benzene rings is 3. The molecule has 3 aromatic carbocycles. The van der Waals surface area contributed by atoms with E-state index < -0.39 is 5.97 Å². The van der Waals surface area contributed by atoms with Crippen molar-refractivity contribution in [3.05, 3.63) is 89.5 Å². The van der Waals surface area contributed by atoms with Crippen LogP contribution < -0.4 is 5.32 Å². The molecule has 6 nitrogen and oxygen atoms in total. The number of aromatic nitrogens is 2. The Hall–Kier alpha value is -3.84. The van der Waals surface area contributed by atoms with Crippen molar-refractivity contribution in [2.75, 3.05) is 18.2 Å². The predicted octanol–water partition coefficient (Wildman–Crippen LogP) is 6.27. The fourth-order valence-corrected chi connectivity index (χ4v) is 4.41. The molecule has 1 aromatic heterocycles. The summed E-state index contributed by atoms with van der Waals surface area (Å²) in [6.07, 6.45) is 0.264. The van der Waals surface area contributed by atoms with Crippen LogP contribution in [0.15, 0.2) is 78.0 Å². The lowest BCUT2D eigenvalue weighted by atomic mass is 10.0.